The van der Waals surface area contributed by atoms with Crippen LogP contribution >= 0.6 is 0 Å². The highest BCUT2D eigenvalue weighted by Gasteiger charge is 2.25. The Labute approximate surface area is 72.4 Å². The van der Waals surface area contributed by atoms with Crippen molar-refractivity contribution in [2.45, 2.75) is 6.04 Å². The van der Waals surface area contributed by atoms with Crippen LogP contribution in [0.5, 0.6) is 0 Å². The minimum atomic E-state index is 0.645. The highest BCUT2D eigenvalue weighted by molar-refractivity contribution is 5.41. The number of rotatable bonds is 2. The van der Waals surface area contributed by atoms with E-state index in [9.17, 15) is 0 Å². The lowest BCUT2D eigenvalue weighted by Gasteiger charge is -2.39. The lowest BCUT2D eigenvalue weighted by molar-refractivity contribution is 0.447. The number of pyridine rings is 1. The third kappa shape index (κ3) is 1.28. The van der Waals surface area contributed by atoms with Crippen molar-refractivity contribution in [2.75, 3.05) is 25.0 Å². The van der Waals surface area contributed by atoms with Gasteiger partial charge in [-0.1, -0.05) is 6.07 Å². The maximum atomic E-state index is 4.27. The van der Waals surface area contributed by atoms with Crippen LogP contribution in [0, 0.1) is 0 Å². The van der Waals surface area contributed by atoms with Crippen molar-refractivity contribution in [1.29, 1.82) is 0 Å². The molecular formula is C9H13N3. The summed E-state index contributed by atoms with van der Waals surface area (Å²) in [5.74, 6) is 1.09. The molecule has 0 unspecified atom stereocenters. The fourth-order valence-corrected chi connectivity index (χ4v) is 1.39. The van der Waals surface area contributed by atoms with Crippen LogP contribution < -0.4 is 10.2 Å². The van der Waals surface area contributed by atoms with Crippen LogP contribution in [0.15, 0.2) is 24.4 Å². The van der Waals surface area contributed by atoms with Gasteiger partial charge in [0.1, 0.15) is 5.82 Å². The molecule has 1 aromatic rings. The maximum absolute atomic E-state index is 4.27. The zero-order valence-electron chi connectivity index (χ0n) is 7.20. The molecule has 0 bridgehead atoms. The number of anilines is 1. The summed E-state index contributed by atoms with van der Waals surface area (Å²) in [6.07, 6.45) is 1.84. The topological polar surface area (TPSA) is 28.2 Å². The first-order chi connectivity index (χ1) is 5.90. The van der Waals surface area contributed by atoms with Crippen molar-refractivity contribution in [2.24, 2.45) is 0 Å². The van der Waals surface area contributed by atoms with Gasteiger partial charge in [-0.2, -0.15) is 0 Å². The van der Waals surface area contributed by atoms with Gasteiger partial charge < -0.3 is 10.2 Å². The van der Waals surface area contributed by atoms with Gasteiger partial charge in [-0.15, -0.1) is 0 Å². The van der Waals surface area contributed by atoms with Crippen LogP contribution in [-0.4, -0.2) is 31.2 Å². The molecular weight excluding hydrogens is 150 g/mol. The van der Waals surface area contributed by atoms with Crippen molar-refractivity contribution in [1.82, 2.24) is 10.3 Å². The van der Waals surface area contributed by atoms with Crippen molar-refractivity contribution >= 4 is 5.82 Å². The summed E-state index contributed by atoms with van der Waals surface area (Å²) in [7, 11) is 2.00. The van der Waals surface area contributed by atoms with Crippen molar-refractivity contribution < 1.29 is 0 Å². The van der Waals surface area contributed by atoms with Gasteiger partial charge in [0.15, 0.2) is 0 Å². The Hall–Kier alpha value is -1.09. The van der Waals surface area contributed by atoms with E-state index in [1.165, 1.54) is 0 Å². The number of likely N-dealkylation sites (N-methyl/N-ethyl adjacent to an activating group) is 1. The smallest absolute Gasteiger partial charge is 0.128 e. The summed E-state index contributed by atoms with van der Waals surface area (Å²) in [4.78, 5) is 6.53. The Morgan fingerprint density at radius 1 is 1.50 bits per heavy atom. The molecule has 1 N–H and O–H groups in total. The van der Waals surface area contributed by atoms with Gasteiger partial charge in [0.05, 0.1) is 0 Å². The van der Waals surface area contributed by atoms with Gasteiger partial charge >= 0.3 is 0 Å². The molecule has 0 saturated carbocycles. The standard InChI is InChI=1S/C9H13N3/c1-10-8-6-12(7-8)9-4-2-3-5-11-9/h2-5,8,10H,6-7H2,1H3. The summed E-state index contributed by atoms with van der Waals surface area (Å²) < 4.78 is 0. The minimum Gasteiger partial charge on any atom is -0.353 e. The molecule has 2 rings (SSSR count). The summed E-state index contributed by atoms with van der Waals surface area (Å²) >= 11 is 0. The Morgan fingerprint density at radius 2 is 2.33 bits per heavy atom. The Kier molecular flexibility index (Phi) is 1.96. The molecule has 3 heteroatoms. The van der Waals surface area contributed by atoms with E-state index >= 15 is 0 Å². The zero-order chi connectivity index (χ0) is 8.39. The Bertz CT molecular complexity index is 241. The molecule has 1 fully saturated rings. The second-order valence-electron chi connectivity index (χ2n) is 3.08. The predicted octanol–water partition coefficient (Wildman–Crippen LogP) is 0.490. The van der Waals surface area contributed by atoms with Gasteiger partial charge in [0, 0.05) is 25.3 Å². The van der Waals surface area contributed by atoms with E-state index in [2.05, 4.69) is 15.2 Å². The van der Waals surface area contributed by atoms with E-state index in [1.807, 2.05) is 31.4 Å². The van der Waals surface area contributed by atoms with Crippen LogP contribution in [0.1, 0.15) is 0 Å². The molecule has 1 saturated heterocycles. The van der Waals surface area contributed by atoms with Crippen LogP contribution in [0.2, 0.25) is 0 Å². The minimum absolute atomic E-state index is 0.645. The van der Waals surface area contributed by atoms with Crippen molar-refractivity contribution in [3.8, 4) is 0 Å². The fourth-order valence-electron chi connectivity index (χ4n) is 1.39. The van der Waals surface area contributed by atoms with Gasteiger partial charge in [0.2, 0.25) is 0 Å². The number of nitrogens with zero attached hydrogens (tertiary/aromatic N) is 2. The van der Waals surface area contributed by atoms with Crippen LogP contribution in [0.25, 0.3) is 0 Å². The molecule has 12 heavy (non-hydrogen) atoms. The Balaban J connectivity index is 1.97. The molecule has 1 aromatic heterocycles. The molecule has 0 aliphatic carbocycles. The normalized spacial score (nSPS) is 17.6. The largest absolute Gasteiger partial charge is 0.353 e. The molecule has 3 nitrogen and oxygen atoms in total. The molecule has 0 spiro atoms. The summed E-state index contributed by atoms with van der Waals surface area (Å²) in [5.41, 5.74) is 0. The van der Waals surface area contributed by atoms with E-state index in [0.717, 1.165) is 18.9 Å². The van der Waals surface area contributed by atoms with E-state index in [4.69, 9.17) is 0 Å². The molecule has 0 aromatic carbocycles. The lowest BCUT2D eigenvalue weighted by atomic mass is 10.1. The monoisotopic (exact) mass is 163 g/mol. The molecule has 2 heterocycles. The van der Waals surface area contributed by atoms with Crippen LogP contribution in [0.3, 0.4) is 0 Å². The number of nitrogens with one attached hydrogen (secondary N) is 1. The molecule has 1 aliphatic heterocycles. The van der Waals surface area contributed by atoms with Gasteiger partial charge in [-0.3, -0.25) is 0 Å². The van der Waals surface area contributed by atoms with Crippen LogP contribution in [-0.2, 0) is 0 Å². The van der Waals surface area contributed by atoms with E-state index in [1.54, 1.807) is 0 Å². The van der Waals surface area contributed by atoms with E-state index in [-0.39, 0.29) is 0 Å². The quantitative estimate of drug-likeness (QED) is 0.687. The highest BCUT2D eigenvalue weighted by Crippen LogP contribution is 2.16. The average Bonchev–Trinajstić information content (AvgIpc) is 2.04. The molecule has 0 atom stereocenters. The van der Waals surface area contributed by atoms with Crippen molar-refractivity contribution in [3.63, 3.8) is 0 Å². The zero-order valence-corrected chi connectivity index (χ0v) is 7.20. The summed E-state index contributed by atoms with van der Waals surface area (Å²) in [6.45, 7) is 2.15. The first kappa shape index (κ1) is 7.55. The lowest BCUT2D eigenvalue weighted by Crippen LogP contribution is -2.57. The van der Waals surface area contributed by atoms with Crippen molar-refractivity contribution in [3.05, 3.63) is 24.4 Å². The predicted molar refractivity (Wildman–Crippen MR) is 49.3 cm³/mol. The van der Waals surface area contributed by atoms with Gasteiger partial charge in [-0.05, 0) is 19.2 Å². The third-order valence-electron chi connectivity index (χ3n) is 2.26. The first-order valence-corrected chi connectivity index (χ1v) is 4.23. The second kappa shape index (κ2) is 3.11. The summed E-state index contributed by atoms with van der Waals surface area (Å²) in [5, 5.41) is 3.23. The maximum Gasteiger partial charge on any atom is 0.128 e. The molecule has 1 aliphatic rings. The summed E-state index contributed by atoms with van der Waals surface area (Å²) in [6, 6.07) is 6.66. The average molecular weight is 163 g/mol. The molecule has 64 valence electrons. The Morgan fingerprint density at radius 3 is 2.92 bits per heavy atom. The number of hydrogen-bond donors (Lipinski definition) is 1. The third-order valence-corrected chi connectivity index (χ3v) is 2.26. The van der Waals surface area contributed by atoms with E-state index < -0.39 is 0 Å². The van der Waals surface area contributed by atoms with Crippen LogP contribution in [0.4, 0.5) is 5.82 Å². The highest BCUT2D eigenvalue weighted by atomic mass is 15.3. The number of hydrogen-bond acceptors (Lipinski definition) is 3. The van der Waals surface area contributed by atoms with Gasteiger partial charge in [-0.25, -0.2) is 4.98 Å². The molecule has 0 amide bonds. The SMILES string of the molecule is CNC1CN(c2ccccn2)C1. The molecule has 0 radical (unpaired) electrons. The van der Waals surface area contributed by atoms with Gasteiger partial charge in [0.25, 0.3) is 0 Å². The fraction of sp³-hybridized carbons (Fsp3) is 0.444. The first-order valence-electron chi connectivity index (χ1n) is 4.23. The second-order valence-corrected chi connectivity index (χ2v) is 3.08. The van der Waals surface area contributed by atoms with E-state index in [0.29, 0.717) is 6.04 Å². The number of aromatic nitrogens is 1.